The number of aryl methyl sites for hydroxylation is 1. The van der Waals surface area contributed by atoms with Crippen molar-refractivity contribution in [2.45, 2.75) is 0 Å². The Morgan fingerprint density at radius 2 is 2.25 bits per heavy atom. The lowest BCUT2D eigenvalue weighted by atomic mass is 10.1. The Kier molecular flexibility index (Phi) is 2.87. The maximum Gasteiger partial charge on any atom is 0.155 e. The van der Waals surface area contributed by atoms with E-state index in [0.717, 1.165) is 0 Å². The van der Waals surface area contributed by atoms with Crippen LogP contribution in [-0.4, -0.2) is 16.1 Å². The van der Waals surface area contributed by atoms with E-state index in [4.69, 9.17) is 0 Å². The third-order valence-electron chi connectivity index (χ3n) is 2.23. The highest BCUT2D eigenvalue weighted by Crippen LogP contribution is 2.27. The summed E-state index contributed by atoms with van der Waals surface area (Å²) >= 11 is 3.25. The molecule has 0 saturated carbocycles. The van der Waals surface area contributed by atoms with E-state index in [-0.39, 0.29) is 5.82 Å². The number of aromatic nitrogens is 2. The molecule has 0 amide bonds. The lowest BCUT2D eigenvalue weighted by molar-refractivity contribution is 0.112. The van der Waals surface area contributed by atoms with Gasteiger partial charge in [-0.25, -0.2) is 4.39 Å². The fraction of sp³-hybridized carbons (Fsp3) is 0.0909. The van der Waals surface area contributed by atoms with E-state index < -0.39 is 0 Å². The molecule has 5 heteroatoms. The van der Waals surface area contributed by atoms with Gasteiger partial charge in [-0.2, -0.15) is 5.10 Å². The minimum absolute atomic E-state index is 0.351. The number of hydrogen-bond acceptors (Lipinski definition) is 2. The molecule has 1 heterocycles. The van der Waals surface area contributed by atoms with Gasteiger partial charge in [0.05, 0.1) is 5.56 Å². The predicted molar refractivity (Wildman–Crippen MR) is 61.7 cm³/mol. The molecule has 0 radical (unpaired) electrons. The van der Waals surface area contributed by atoms with Gasteiger partial charge in [0.2, 0.25) is 0 Å². The van der Waals surface area contributed by atoms with E-state index >= 15 is 0 Å². The summed E-state index contributed by atoms with van der Waals surface area (Å²) in [4.78, 5) is 10.9. The molecule has 0 spiro atoms. The highest BCUT2D eigenvalue weighted by Gasteiger charge is 2.15. The molecule has 0 N–H and O–H groups in total. The molecule has 0 saturated heterocycles. The van der Waals surface area contributed by atoms with Gasteiger partial charge >= 0.3 is 0 Å². The quantitative estimate of drug-likeness (QED) is 0.794. The van der Waals surface area contributed by atoms with Crippen LogP contribution >= 0.6 is 15.9 Å². The van der Waals surface area contributed by atoms with Gasteiger partial charge in [0.1, 0.15) is 16.1 Å². The molecule has 82 valence electrons. The van der Waals surface area contributed by atoms with Crippen LogP contribution in [0.4, 0.5) is 4.39 Å². The molecule has 3 nitrogen and oxygen atoms in total. The van der Waals surface area contributed by atoms with Crippen molar-refractivity contribution in [2.24, 2.45) is 7.05 Å². The zero-order chi connectivity index (χ0) is 11.7. The Labute approximate surface area is 100 Å². The number of carbonyl (C=O) groups excluding carboxylic acids is 1. The molecular weight excluding hydrogens is 275 g/mol. The SMILES string of the molecule is Cn1nc(-c2cccc(F)c2)c(C=O)c1Br. The molecule has 0 atom stereocenters. The number of aldehydes is 1. The number of halogens is 2. The summed E-state index contributed by atoms with van der Waals surface area (Å²) < 4.78 is 15.2. The fourth-order valence-electron chi connectivity index (χ4n) is 1.47. The van der Waals surface area contributed by atoms with E-state index in [2.05, 4.69) is 21.0 Å². The minimum atomic E-state index is -0.351. The maximum atomic E-state index is 13.1. The van der Waals surface area contributed by atoms with Crippen LogP contribution in [0.15, 0.2) is 28.9 Å². The summed E-state index contributed by atoms with van der Waals surface area (Å²) in [5, 5.41) is 4.16. The van der Waals surface area contributed by atoms with E-state index in [0.29, 0.717) is 27.7 Å². The molecule has 0 fully saturated rings. The Morgan fingerprint density at radius 3 is 2.88 bits per heavy atom. The van der Waals surface area contributed by atoms with Gasteiger partial charge < -0.3 is 0 Å². The van der Waals surface area contributed by atoms with Crippen LogP contribution < -0.4 is 0 Å². The van der Waals surface area contributed by atoms with E-state index in [1.807, 2.05) is 0 Å². The first-order chi connectivity index (χ1) is 7.63. The standard InChI is InChI=1S/C11H8BrFN2O/c1-15-11(12)9(6-16)10(14-15)7-3-2-4-8(13)5-7/h2-6H,1H3. The molecular formula is C11H8BrFN2O. The van der Waals surface area contributed by atoms with Gasteiger partial charge in [0.25, 0.3) is 0 Å². The second-order valence-electron chi connectivity index (χ2n) is 3.30. The van der Waals surface area contributed by atoms with Crippen molar-refractivity contribution in [3.63, 3.8) is 0 Å². The summed E-state index contributed by atoms with van der Waals surface area (Å²) in [6, 6.07) is 6.00. The van der Waals surface area contributed by atoms with Crippen LogP contribution in [0.1, 0.15) is 10.4 Å². The van der Waals surface area contributed by atoms with Crippen molar-refractivity contribution >= 4 is 22.2 Å². The van der Waals surface area contributed by atoms with Crippen molar-refractivity contribution < 1.29 is 9.18 Å². The van der Waals surface area contributed by atoms with E-state index in [1.165, 1.54) is 16.8 Å². The number of rotatable bonds is 2. The topological polar surface area (TPSA) is 34.9 Å². The van der Waals surface area contributed by atoms with Gasteiger partial charge in [0, 0.05) is 12.6 Å². The Morgan fingerprint density at radius 1 is 1.50 bits per heavy atom. The zero-order valence-electron chi connectivity index (χ0n) is 8.45. The van der Waals surface area contributed by atoms with Gasteiger partial charge in [0.15, 0.2) is 6.29 Å². The van der Waals surface area contributed by atoms with Gasteiger partial charge in [-0.3, -0.25) is 9.48 Å². The molecule has 2 rings (SSSR count). The second kappa shape index (κ2) is 4.17. The van der Waals surface area contributed by atoms with Crippen molar-refractivity contribution in [3.05, 3.63) is 40.2 Å². The third kappa shape index (κ3) is 1.78. The zero-order valence-corrected chi connectivity index (χ0v) is 10.0. The fourth-order valence-corrected chi connectivity index (χ4v) is 1.83. The third-order valence-corrected chi connectivity index (χ3v) is 3.17. The van der Waals surface area contributed by atoms with E-state index in [1.54, 1.807) is 19.2 Å². The van der Waals surface area contributed by atoms with Gasteiger partial charge in [-0.15, -0.1) is 0 Å². The first-order valence-electron chi connectivity index (χ1n) is 4.57. The second-order valence-corrected chi connectivity index (χ2v) is 4.06. The highest BCUT2D eigenvalue weighted by molar-refractivity contribution is 9.10. The number of benzene rings is 1. The smallest absolute Gasteiger partial charge is 0.155 e. The van der Waals surface area contributed by atoms with Crippen LogP contribution in [0.5, 0.6) is 0 Å². The van der Waals surface area contributed by atoms with Gasteiger partial charge in [-0.1, -0.05) is 12.1 Å². The molecule has 2 aromatic rings. The van der Waals surface area contributed by atoms with Crippen LogP contribution in [0, 0.1) is 5.82 Å². The molecule has 0 aliphatic rings. The molecule has 0 aliphatic carbocycles. The van der Waals surface area contributed by atoms with Crippen LogP contribution in [0.3, 0.4) is 0 Å². The summed E-state index contributed by atoms with van der Waals surface area (Å²) in [5.41, 5.74) is 1.49. The first kappa shape index (κ1) is 11.0. The Balaban J connectivity index is 2.64. The summed E-state index contributed by atoms with van der Waals surface area (Å²) in [6.45, 7) is 0. The van der Waals surface area contributed by atoms with Crippen molar-refractivity contribution in [3.8, 4) is 11.3 Å². The van der Waals surface area contributed by atoms with Crippen molar-refractivity contribution in [1.29, 1.82) is 0 Å². The average Bonchev–Trinajstić information content (AvgIpc) is 2.55. The average molecular weight is 283 g/mol. The predicted octanol–water partition coefficient (Wildman–Crippen LogP) is 2.80. The number of nitrogens with zero attached hydrogens (tertiary/aromatic N) is 2. The van der Waals surface area contributed by atoms with Crippen LogP contribution in [0.25, 0.3) is 11.3 Å². The van der Waals surface area contributed by atoms with E-state index in [9.17, 15) is 9.18 Å². The normalized spacial score (nSPS) is 10.4. The maximum absolute atomic E-state index is 13.1. The first-order valence-corrected chi connectivity index (χ1v) is 5.36. The Hall–Kier alpha value is -1.49. The molecule has 16 heavy (non-hydrogen) atoms. The summed E-state index contributed by atoms with van der Waals surface area (Å²) in [7, 11) is 1.71. The molecule has 1 aromatic carbocycles. The van der Waals surface area contributed by atoms with Crippen LogP contribution in [0.2, 0.25) is 0 Å². The Bertz CT molecular complexity index is 551. The largest absolute Gasteiger partial charge is 0.298 e. The monoisotopic (exact) mass is 282 g/mol. The lowest BCUT2D eigenvalue weighted by Gasteiger charge is -1.97. The number of carbonyl (C=O) groups is 1. The van der Waals surface area contributed by atoms with Crippen molar-refractivity contribution in [2.75, 3.05) is 0 Å². The molecule has 0 unspecified atom stereocenters. The molecule has 1 aromatic heterocycles. The van der Waals surface area contributed by atoms with Crippen molar-refractivity contribution in [1.82, 2.24) is 9.78 Å². The summed E-state index contributed by atoms with van der Waals surface area (Å²) in [5.74, 6) is -0.351. The molecule has 0 aliphatic heterocycles. The minimum Gasteiger partial charge on any atom is -0.298 e. The lowest BCUT2D eigenvalue weighted by Crippen LogP contribution is -1.90. The summed E-state index contributed by atoms with van der Waals surface area (Å²) in [6.07, 6.45) is 0.706. The van der Waals surface area contributed by atoms with Gasteiger partial charge in [-0.05, 0) is 28.1 Å². The molecule has 0 bridgehead atoms. The highest BCUT2D eigenvalue weighted by atomic mass is 79.9. The van der Waals surface area contributed by atoms with Crippen LogP contribution in [-0.2, 0) is 7.05 Å². The number of hydrogen-bond donors (Lipinski definition) is 0.